The molecule has 1 fully saturated rings. The minimum Gasteiger partial charge on any atom is -0.336 e. The van der Waals surface area contributed by atoms with Crippen molar-refractivity contribution >= 4 is 34.0 Å². The molecule has 0 aromatic heterocycles. The lowest BCUT2D eigenvalue weighted by molar-refractivity contribution is 0.0710. The zero-order chi connectivity index (χ0) is 19.6. The maximum Gasteiger partial charge on any atom is 0.264 e. The van der Waals surface area contributed by atoms with Gasteiger partial charge in [-0.3, -0.25) is 9.52 Å². The first kappa shape index (κ1) is 22.1. The molecule has 28 heavy (non-hydrogen) atoms. The zero-order valence-corrected chi connectivity index (χ0v) is 16.6. The van der Waals surface area contributed by atoms with Gasteiger partial charge in [0.15, 0.2) is 0 Å². The highest BCUT2D eigenvalue weighted by atomic mass is 35.5. The molecule has 2 aromatic carbocycles. The van der Waals surface area contributed by atoms with Gasteiger partial charge >= 0.3 is 0 Å². The standard InChI is InChI=1S/C18H19F2N3O3S.ClH/c1-12-11-23(9-8-21-12)18(24)14-4-2-3-5-16(14)22-27(25,26)17-10-13(19)6-7-15(17)20;/h2-7,10,12,21-22H,8-9,11H2,1H3;1H. The second kappa shape index (κ2) is 8.85. The SMILES string of the molecule is CC1CN(C(=O)c2ccccc2NS(=O)(=O)c2cc(F)ccc2F)CCN1.Cl. The molecule has 1 aliphatic rings. The summed E-state index contributed by atoms with van der Waals surface area (Å²) in [6.07, 6.45) is 0. The number of rotatable bonds is 4. The monoisotopic (exact) mass is 431 g/mol. The Morgan fingerprint density at radius 3 is 2.64 bits per heavy atom. The number of sulfonamides is 1. The Labute approximate surface area is 168 Å². The Morgan fingerprint density at radius 1 is 1.21 bits per heavy atom. The summed E-state index contributed by atoms with van der Waals surface area (Å²) in [5.41, 5.74) is 0.157. The Kier molecular flexibility index (Phi) is 6.97. The number of carbonyl (C=O) groups excluding carboxylic acids is 1. The van der Waals surface area contributed by atoms with Crippen LogP contribution in [0.1, 0.15) is 17.3 Å². The number of carbonyl (C=O) groups is 1. The van der Waals surface area contributed by atoms with Gasteiger partial charge in [0.05, 0.1) is 11.3 Å². The Balaban J connectivity index is 0.00000280. The minimum absolute atomic E-state index is 0. The first-order chi connectivity index (χ1) is 12.8. The molecule has 1 aliphatic heterocycles. The molecular weight excluding hydrogens is 412 g/mol. The van der Waals surface area contributed by atoms with Gasteiger partial charge in [-0.2, -0.15) is 0 Å². The van der Waals surface area contributed by atoms with E-state index in [-0.39, 0.29) is 35.6 Å². The van der Waals surface area contributed by atoms with Gasteiger partial charge in [0, 0.05) is 25.7 Å². The number of para-hydroxylation sites is 1. The van der Waals surface area contributed by atoms with Crippen LogP contribution in [0.25, 0.3) is 0 Å². The van der Waals surface area contributed by atoms with E-state index in [4.69, 9.17) is 0 Å². The summed E-state index contributed by atoms with van der Waals surface area (Å²) in [6.45, 7) is 3.55. The lowest BCUT2D eigenvalue weighted by Gasteiger charge is -2.32. The molecule has 6 nitrogen and oxygen atoms in total. The summed E-state index contributed by atoms with van der Waals surface area (Å²) in [6, 6.07) is 8.35. The molecule has 3 rings (SSSR count). The molecule has 1 unspecified atom stereocenters. The second-order valence-corrected chi connectivity index (χ2v) is 7.98. The summed E-state index contributed by atoms with van der Waals surface area (Å²) < 4.78 is 54.5. The second-order valence-electron chi connectivity index (χ2n) is 6.33. The fourth-order valence-electron chi connectivity index (χ4n) is 2.93. The van der Waals surface area contributed by atoms with E-state index in [9.17, 15) is 22.0 Å². The number of hydrogen-bond acceptors (Lipinski definition) is 4. The van der Waals surface area contributed by atoms with E-state index < -0.39 is 26.6 Å². The Hall–Kier alpha value is -2.23. The highest BCUT2D eigenvalue weighted by Gasteiger charge is 2.26. The molecule has 10 heteroatoms. The zero-order valence-electron chi connectivity index (χ0n) is 15.0. The smallest absolute Gasteiger partial charge is 0.264 e. The quantitative estimate of drug-likeness (QED) is 0.780. The number of anilines is 1. The van der Waals surface area contributed by atoms with Gasteiger partial charge in [-0.05, 0) is 37.3 Å². The van der Waals surface area contributed by atoms with Crippen molar-refractivity contribution in [1.29, 1.82) is 0 Å². The van der Waals surface area contributed by atoms with Crippen LogP contribution in [0.4, 0.5) is 14.5 Å². The van der Waals surface area contributed by atoms with Crippen LogP contribution in [0.2, 0.25) is 0 Å². The molecule has 0 aliphatic carbocycles. The van der Waals surface area contributed by atoms with Gasteiger partial charge in [0.2, 0.25) is 0 Å². The number of benzene rings is 2. The fourth-order valence-corrected chi connectivity index (χ4v) is 4.10. The average Bonchev–Trinajstić information content (AvgIpc) is 2.63. The van der Waals surface area contributed by atoms with E-state index in [2.05, 4.69) is 10.0 Å². The van der Waals surface area contributed by atoms with Crippen LogP contribution in [0.5, 0.6) is 0 Å². The summed E-state index contributed by atoms with van der Waals surface area (Å²) in [4.78, 5) is 13.6. The van der Waals surface area contributed by atoms with Crippen molar-refractivity contribution in [3.63, 3.8) is 0 Å². The molecule has 1 heterocycles. The van der Waals surface area contributed by atoms with E-state index in [1.807, 2.05) is 6.92 Å². The van der Waals surface area contributed by atoms with Crippen molar-refractivity contribution in [1.82, 2.24) is 10.2 Å². The average molecular weight is 432 g/mol. The molecular formula is C18H20ClF2N3O3S. The van der Waals surface area contributed by atoms with Crippen LogP contribution in [0.3, 0.4) is 0 Å². The predicted molar refractivity (Wildman–Crippen MR) is 104 cm³/mol. The Morgan fingerprint density at radius 2 is 1.93 bits per heavy atom. The van der Waals surface area contributed by atoms with Gasteiger partial charge in [-0.25, -0.2) is 17.2 Å². The van der Waals surface area contributed by atoms with Crippen LogP contribution in [-0.2, 0) is 10.0 Å². The molecule has 1 atom stereocenters. The number of amides is 1. The largest absolute Gasteiger partial charge is 0.336 e. The highest BCUT2D eigenvalue weighted by molar-refractivity contribution is 7.92. The van der Waals surface area contributed by atoms with Gasteiger partial charge in [-0.15, -0.1) is 12.4 Å². The summed E-state index contributed by atoms with van der Waals surface area (Å²) in [7, 11) is -4.41. The van der Waals surface area contributed by atoms with Crippen LogP contribution in [-0.4, -0.2) is 44.9 Å². The van der Waals surface area contributed by atoms with Gasteiger partial charge in [0.1, 0.15) is 16.5 Å². The maximum absolute atomic E-state index is 13.9. The third kappa shape index (κ3) is 4.78. The molecule has 152 valence electrons. The first-order valence-electron chi connectivity index (χ1n) is 8.37. The van der Waals surface area contributed by atoms with Crippen LogP contribution in [0, 0.1) is 11.6 Å². The maximum atomic E-state index is 13.9. The molecule has 1 saturated heterocycles. The van der Waals surface area contributed by atoms with Gasteiger partial charge in [-0.1, -0.05) is 12.1 Å². The molecule has 2 aromatic rings. The van der Waals surface area contributed by atoms with Gasteiger partial charge < -0.3 is 10.2 Å². The normalized spacial score (nSPS) is 17.0. The number of piperazine rings is 1. The van der Waals surface area contributed by atoms with Crippen molar-refractivity contribution in [2.45, 2.75) is 17.9 Å². The lowest BCUT2D eigenvalue weighted by atomic mass is 10.1. The van der Waals surface area contributed by atoms with E-state index in [1.165, 1.54) is 12.1 Å². The van der Waals surface area contributed by atoms with E-state index >= 15 is 0 Å². The highest BCUT2D eigenvalue weighted by Crippen LogP contribution is 2.24. The molecule has 2 N–H and O–H groups in total. The summed E-state index contributed by atoms with van der Waals surface area (Å²) in [5.74, 6) is -2.29. The first-order valence-corrected chi connectivity index (χ1v) is 9.86. The summed E-state index contributed by atoms with van der Waals surface area (Å²) >= 11 is 0. The van der Waals surface area contributed by atoms with Crippen LogP contribution in [0.15, 0.2) is 47.4 Å². The molecule has 0 saturated carbocycles. The molecule has 1 amide bonds. The van der Waals surface area contributed by atoms with E-state index in [1.54, 1.807) is 17.0 Å². The summed E-state index contributed by atoms with van der Waals surface area (Å²) in [5, 5.41) is 3.22. The third-order valence-electron chi connectivity index (χ3n) is 4.24. The van der Waals surface area contributed by atoms with Crippen LogP contribution >= 0.6 is 12.4 Å². The van der Waals surface area contributed by atoms with Gasteiger partial charge in [0.25, 0.3) is 15.9 Å². The fraction of sp³-hybridized carbons (Fsp3) is 0.278. The number of nitrogens with one attached hydrogen (secondary N) is 2. The van der Waals surface area contributed by atoms with Crippen molar-refractivity contribution in [2.24, 2.45) is 0 Å². The molecule has 0 bridgehead atoms. The Bertz CT molecular complexity index is 972. The van der Waals surface area contributed by atoms with Crippen LogP contribution < -0.4 is 10.0 Å². The topological polar surface area (TPSA) is 78.5 Å². The molecule has 0 spiro atoms. The van der Waals surface area contributed by atoms with E-state index in [0.29, 0.717) is 25.7 Å². The van der Waals surface area contributed by atoms with Crippen molar-refractivity contribution in [3.8, 4) is 0 Å². The van der Waals surface area contributed by atoms with Crippen molar-refractivity contribution < 1.29 is 22.0 Å². The van der Waals surface area contributed by atoms with E-state index in [0.717, 1.165) is 12.1 Å². The lowest BCUT2D eigenvalue weighted by Crippen LogP contribution is -2.51. The third-order valence-corrected chi connectivity index (χ3v) is 5.62. The number of hydrogen-bond donors (Lipinski definition) is 2. The number of nitrogens with zero attached hydrogens (tertiary/aromatic N) is 1. The minimum atomic E-state index is -4.41. The van der Waals surface area contributed by atoms with Crippen molar-refractivity contribution in [2.75, 3.05) is 24.4 Å². The predicted octanol–water partition coefficient (Wildman–Crippen LogP) is 2.62. The van der Waals surface area contributed by atoms with Crippen molar-refractivity contribution in [3.05, 3.63) is 59.7 Å². The number of halogens is 3. The molecule has 0 radical (unpaired) electrons.